The summed E-state index contributed by atoms with van der Waals surface area (Å²) < 4.78 is 10.8. The smallest absolute Gasteiger partial charge is 0.225 e. The van der Waals surface area contributed by atoms with Crippen LogP contribution in [0.1, 0.15) is 19.3 Å². The lowest BCUT2D eigenvalue weighted by molar-refractivity contribution is -0.141. The van der Waals surface area contributed by atoms with Gasteiger partial charge in [0.05, 0.1) is 31.8 Å². The zero-order chi connectivity index (χ0) is 11.4. The number of morpholine rings is 1. The van der Waals surface area contributed by atoms with Gasteiger partial charge in [-0.15, -0.1) is 11.6 Å². The van der Waals surface area contributed by atoms with Crippen LogP contribution in [0.3, 0.4) is 0 Å². The van der Waals surface area contributed by atoms with E-state index in [4.69, 9.17) is 21.1 Å². The first-order valence-corrected chi connectivity index (χ1v) is 6.39. The summed E-state index contributed by atoms with van der Waals surface area (Å²) in [6.45, 7) is 2.62. The van der Waals surface area contributed by atoms with Crippen LogP contribution in [0.4, 0.5) is 0 Å². The van der Waals surface area contributed by atoms with Crippen molar-refractivity contribution in [1.29, 1.82) is 0 Å². The normalized spacial score (nSPS) is 30.7. The maximum atomic E-state index is 12.1. The Kier molecular flexibility index (Phi) is 4.44. The maximum Gasteiger partial charge on any atom is 0.225 e. The quantitative estimate of drug-likeness (QED) is 0.699. The van der Waals surface area contributed by atoms with E-state index >= 15 is 0 Å². The first-order valence-electron chi connectivity index (χ1n) is 5.86. The summed E-state index contributed by atoms with van der Waals surface area (Å²) in [6, 6.07) is 0.0318. The predicted octanol–water partition coefficient (Wildman–Crippen LogP) is 1.02. The first kappa shape index (κ1) is 12.1. The molecule has 2 unspecified atom stereocenters. The molecule has 0 spiro atoms. The van der Waals surface area contributed by atoms with Crippen molar-refractivity contribution in [2.75, 3.05) is 32.2 Å². The minimum absolute atomic E-state index is 0.0318. The van der Waals surface area contributed by atoms with Crippen molar-refractivity contribution < 1.29 is 14.3 Å². The van der Waals surface area contributed by atoms with Crippen molar-refractivity contribution in [3.8, 4) is 0 Å². The number of carbonyl (C=O) groups is 1. The van der Waals surface area contributed by atoms with Crippen molar-refractivity contribution >= 4 is 17.5 Å². The largest absolute Gasteiger partial charge is 0.378 e. The number of hydrogen-bond acceptors (Lipinski definition) is 3. The molecule has 2 aliphatic heterocycles. The van der Waals surface area contributed by atoms with E-state index in [9.17, 15) is 4.79 Å². The molecule has 2 saturated heterocycles. The molecule has 2 atom stereocenters. The molecule has 2 rings (SSSR count). The molecule has 4 nitrogen and oxygen atoms in total. The summed E-state index contributed by atoms with van der Waals surface area (Å²) >= 11 is 5.83. The highest BCUT2D eigenvalue weighted by molar-refractivity contribution is 6.18. The zero-order valence-electron chi connectivity index (χ0n) is 9.36. The Morgan fingerprint density at radius 3 is 3.00 bits per heavy atom. The topological polar surface area (TPSA) is 38.8 Å². The van der Waals surface area contributed by atoms with Gasteiger partial charge in [-0.05, 0) is 12.8 Å². The lowest BCUT2D eigenvalue weighted by Crippen LogP contribution is -2.50. The van der Waals surface area contributed by atoms with E-state index in [1.165, 1.54) is 0 Å². The molecule has 0 aromatic rings. The van der Waals surface area contributed by atoms with Crippen LogP contribution in [0, 0.1) is 0 Å². The van der Waals surface area contributed by atoms with Gasteiger partial charge in [-0.3, -0.25) is 4.79 Å². The van der Waals surface area contributed by atoms with Crippen LogP contribution in [0.2, 0.25) is 0 Å². The van der Waals surface area contributed by atoms with Crippen molar-refractivity contribution in [3.63, 3.8) is 0 Å². The van der Waals surface area contributed by atoms with E-state index in [0.717, 1.165) is 19.4 Å². The molecule has 0 aromatic carbocycles. The van der Waals surface area contributed by atoms with Gasteiger partial charge in [0.25, 0.3) is 0 Å². The molecule has 92 valence electrons. The molecule has 16 heavy (non-hydrogen) atoms. The van der Waals surface area contributed by atoms with Crippen molar-refractivity contribution in [2.24, 2.45) is 0 Å². The number of alkyl halides is 1. The zero-order valence-corrected chi connectivity index (χ0v) is 10.1. The van der Waals surface area contributed by atoms with Gasteiger partial charge in [0, 0.05) is 19.0 Å². The van der Waals surface area contributed by atoms with E-state index in [0.29, 0.717) is 32.1 Å². The van der Waals surface area contributed by atoms with E-state index in [2.05, 4.69) is 0 Å². The molecule has 0 radical (unpaired) electrons. The third kappa shape index (κ3) is 2.87. The minimum atomic E-state index is 0.0318. The van der Waals surface area contributed by atoms with Crippen LogP contribution in [0.5, 0.6) is 0 Å². The molecule has 0 saturated carbocycles. The molecule has 1 amide bonds. The standard InChI is InChI=1S/C11H18ClNO3/c12-7-9-8-15-5-3-13(9)11(14)6-10-2-1-4-16-10/h9-10H,1-8H2. The van der Waals surface area contributed by atoms with Gasteiger partial charge in [-0.25, -0.2) is 0 Å². The molecular formula is C11H18ClNO3. The summed E-state index contributed by atoms with van der Waals surface area (Å²) in [5.74, 6) is 0.595. The second-order valence-corrected chi connectivity index (χ2v) is 4.62. The molecule has 0 aromatic heterocycles. The number of hydrogen-bond donors (Lipinski definition) is 0. The highest BCUT2D eigenvalue weighted by Crippen LogP contribution is 2.18. The number of carbonyl (C=O) groups excluding carboxylic acids is 1. The van der Waals surface area contributed by atoms with E-state index in [1.54, 1.807) is 0 Å². The Hall–Kier alpha value is -0.320. The van der Waals surface area contributed by atoms with Crippen molar-refractivity contribution in [3.05, 3.63) is 0 Å². The van der Waals surface area contributed by atoms with Gasteiger partial charge < -0.3 is 14.4 Å². The van der Waals surface area contributed by atoms with Crippen LogP contribution in [0.25, 0.3) is 0 Å². The lowest BCUT2D eigenvalue weighted by atomic mass is 10.1. The highest BCUT2D eigenvalue weighted by Gasteiger charge is 2.29. The van der Waals surface area contributed by atoms with Crippen LogP contribution < -0.4 is 0 Å². The Balaban J connectivity index is 1.86. The number of halogens is 1. The highest BCUT2D eigenvalue weighted by atomic mass is 35.5. The molecule has 2 fully saturated rings. The van der Waals surface area contributed by atoms with E-state index in [-0.39, 0.29) is 18.1 Å². The summed E-state index contributed by atoms with van der Waals surface area (Å²) in [7, 11) is 0. The van der Waals surface area contributed by atoms with Gasteiger partial charge in [-0.2, -0.15) is 0 Å². The summed E-state index contributed by atoms with van der Waals surface area (Å²) in [4.78, 5) is 13.9. The Bertz CT molecular complexity index is 243. The predicted molar refractivity (Wildman–Crippen MR) is 60.6 cm³/mol. The minimum Gasteiger partial charge on any atom is -0.378 e. The summed E-state index contributed by atoms with van der Waals surface area (Å²) in [6.07, 6.45) is 2.68. The SMILES string of the molecule is O=C(CC1CCCO1)N1CCOCC1CCl. The number of ether oxygens (including phenoxy) is 2. The Morgan fingerprint density at radius 1 is 1.44 bits per heavy atom. The average Bonchev–Trinajstić information content (AvgIpc) is 2.81. The molecule has 2 aliphatic rings. The number of amides is 1. The fraction of sp³-hybridized carbons (Fsp3) is 0.909. The Morgan fingerprint density at radius 2 is 2.31 bits per heavy atom. The fourth-order valence-corrected chi connectivity index (χ4v) is 2.48. The van der Waals surface area contributed by atoms with Gasteiger partial charge in [0.15, 0.2) is 0 Å². The van der Waals surface area contributed by atoms with Crippen LogP contribution in [-0.4, -0.2) is 55.2 Å². The van der Waals surface area contributed by atoms with Crippen LogP contribution in [-0.2, 0) is 14.3 Å². The molecular weight excluding hydrogens is 230 g/mol. The van der Waals surface area contributed by atoms with Crippen molar-refractivity contribution in [1.82, 2.24) is 4.90 Å². The fourth-order valence-electron chi connectivity index (χ4n) is 2.23. The van der Waals surface area contributed by atoms with Crippen LogP contribution in [0.15, 0.2) is 0 Å². The molecule has 0 aliphatic carbocycles. The molecule has 0 N–H and O–H groups in total. The van der Waals surface area contributed by atoms with E-state index < -0.39 is 0 Å². The average molecular weight is 248 g/mol. The maximum absolute atomic E-state index is 12.1. The second-order valence-electron chi connectivity index (χ2n) is 4.31. The van der Waals surface area contributed by atoms with Gasteiger partial charge in [0.1, 0.15) is 0 Å². The third-order valence-electron chi connectivity index (χ3n) is 3.15. The molecule has 2 heterocycles. The second kappa shape index (κ2) is 5.84. The third-order valence-corrected chi connectivity index (χ3v) is 3.51. The van der Waals surface area contributed by atoms with E-state index in [1.807, 2.05) is 4.90 Å². The lowest BCUT2D eigenvalue weighted by Gasteiger charge is -2.35. The number of rotatable bonds is 3. The number of nitrogens with zero attached hydrogens (tertiary/aromatic N) is 1. The first-order chi connectivity index (χ1) is 7.81. The Labute approximate surface area is 101 Å². The summed E-state index contributed by atoms with van der Waals surface area (Å²) in [5, 5.41) is 0. The summed E-state index contributed by atoms with van der Waals surface area (Å²) in [5.41, 5.74) is 0. The van der Waals surface area contributed by atoms with Gasteiger partial charge in [-0.1, -0.05) is 0 Å². The van der Waals surface area contributed by atoms with Gasteiger partial charge in [0.2, 0.25) is 5.91 Å². The van der Waals surface area contributed by atoms with Crippen molar-refractivity contribution in [2.45, 2.75) is 31.4 Å². The van der Waals surface area contributed by atoms with Gasteiger partial charge >= 0.3 is 0 Å². The van der Waals surface area contributed by atoms with Crippen LogP contribution >= 0.6 is 11.6 Å². The molecule has 5 heteroatoms. The monoisotopic (exact) mass is 247 g/mol. The molecule has 0 bridgehead atoms.